The Morgan fingerprint density at radius 3 is 3.29 bits per heavy atom. The van der Waals surface area contributed by atoms with E-state index in [1.807, 2.05) is 4.90 Å². The Labute approximate surface area is 89.2 Å². The molecule has 0 radical (unpaired) electrons. The van der Waals surface area contributed by atoms with Crippen LogP contribution in [0.15, 0.2) is 23.8 Å². The number of halogens is 1. The van der Waals surface area contributed by atoms with Gasteiger partial charge in [-0.15, -0.1) is 11.6 Å². The molecule has 1 unspecified atom stereocenters. The lowest BCUT2D eigenvalue weighted by Crippen LogP contribution is -2.40. The van der Waals surface area contributed by atoms with Crippen molar-refractivity contribution >= 4 is 17.5 Å². The van der Waals surface area contributed by atoms with Gasteiger partial charge in [-0.2, -0.15) is 0 Å². The summed E-state index contributed by atoms with van der Waals surface area (Å²) in [5.41, 5.74) is 1.39. The van der Waals surface area contributed by atoms with Gasteiger partial charge in [0, 0.05) is 13.1 Å². The first-order valence-electron chi connectivity index (χ1n) is 5.00. The monoisotopic (exact) mass is 211 g/mol. The number of fused-ring (bicyclic) bond motifs is 1. The molecule has 0 saturated carbocycles. The van der Waals surface area contributed by atoms with E-state index >= 15 is 0 Å². The average Bonchev–Trinajstić information content (AvgIpc) is 2.27. The number of piperidine rings is 1. The van der Waals surface area contributed by atoms with Crippen molar-refractivity contribution in [2.45, 2.75) is 12.8 Å². The Balaban J connectivity index is 2.05. The fourth-order valence-corrected chi connectivity index (χ4v) is 2.28. The molecule has 1 aliphatic heterocycles. The first-order chi connectivity index (χ1) is 6.81. The lowest BCUT2D eigenvalue weighted by Gasteiger charge is -2.34. The highest BCUT2D eigenvalue weighted by molar-refractivity contribution is 6.27. The van der Waals surface area contributed by atoms with E-state index in [0.717, 1.165) is 25.9 Å². The number of likely N-dealkylation sites (tertiary alicyclic amines) is 1. The fourth-order valence-electron chi connectivity index (χ4n) is 2.12. The summed E-state index contributed by atoms with van der Waals surface area (Å²) in [6, 6.07) is 0. The zero-order valence-electron chi connectivity index (χ0n) is 8.08. The smallest absolute Gasteiger partial charge is 0.237 e. The van der Waals surface area contributed by atoms with Crippen LogP contribution in [-0.2, 0) is 4.79 Å². The Morgan fingerprint density at radius 2 is 2.50 bits per heavy atom. The van der Waals surface area contributed by atoms with Crippen LogP contribution in [-0.4, -0.2) is 29.8 Å². The van der Waals surface area contributed by atoms with Gasteiger partial charge in [-0.3, -0.25) is 4.79 Å². The molecule has 1 heterocycles. The van der Waals surface area contributed by atoms with Crippen molar-refractivity contribution in [3.63, 3.8) is 0 Å². The highest BCUT2D eigenvalue weighted by atomic mass is 35.5. The van der Waals surface area contributed by atoms with Gasteiger partial charge in [0.2, 0.25) is 5.91 Å². The molecule has 1 saturated heterocycles. The second-order valence-corrected chi connectivity index (χ2v) is 4.11. The van der Waals surface area contributed by atoms with E-state index in [9.17, 15) is 4.79 Å². The second-order valence-electron chi connectivity index (χ2n) is 3.84. The topological polar surface area (TPSA) is 20.3 Å². The molecule has 0 spiro atoms. The molecule has 0 bridgehead atoms. The number of carbonyl (C=O) groups excluding carboxylic acids is 1. The summed E-state index contributed by atoms with van der Waals surface area (Å²) >= 11 is 5.54. The SMILES string of the molecule is O=C(CCl)N1CCC2CC=CC=C2C1. The zero-order valence-corrected chi connectivity index (χ0v) is 8.83. The van der Waals surface area contributed by atoms with E-state index in [0.29, 0.717) is 5.92 Å². The van der Waals surface area contributed by atoms with E-state index in [-0.39, 0.29) is 11.8 Å². The maximum atomic E-state index is 11.4. The number of hydrogen-bond donors (Lipinski definition) is 0. The van der Waals surface area contributed by atoms with Crippen molar-refractivity contribution in [3.8, 4) is 0 Å². The largest absolute Gasteiger partial charge is 0.338 e. The number of alkyl halides is 1. The zero-order chi connectivity index (χ0) is 9.97. The van der Waals surface area contributed by atoms with Crippen LogP contribution in [0.25, 0.3) is 0 Å². The highest BCUT2D eigenvalue weighted by Crippen LogP contribution is 2.28. The summed E-state index contributed by atoms with van der Waals surface area (Å²) in [5.74, 6) is 0.827. The van der Waals surface area contributed by atoms with Crippen molar-refractivity contribution in [1.82, 2.24) is 4.90 Å². The molecule has 0 aromatic carbocycles. The predicted molar refractivity (Wildman–Crippen MR) is 57.2 cm³/mol. The molecule has 1 aliphatic carbocycles. The van der Waals surface area contributed by atoms with Crippen molar-refractivity contribution in [2.24, 2.45) is 5.92 Å². The van der Waals surface area contributed by atoms with E-state index in [1.165, 1.54) is 5.57 Å². The Kier molecular flexibility index (Phi) is 2.92. The van der Waals surface area contributed by atoms with Crippen molar-refractivity contribution in [2.75, 3.05) is 19.0 Å². The van der Waals surface area contributed by atoms with Crippen LogP contribution in [0.2, 0.25) is 0 Å². The van der Waals surface area contributed by atoms with Crippen molar-refractivity contribution in [1.29, 1.82) is 0 Å². The lowest BCUT2D eigenvalue weighted by molar-refractivity contribution is -0.128. The number of hydrogen-bond acceptors (Lipinski definition) is 1. The molecular formula is C11H14ClNO. The van der Waals surface area contributed by atoms with Crippen LogP contribution in [0.5, 0.6) is 0 Å². The lowest BCUT2D eigenvalue weighted by atomic mass is 9.85. The maximum Gasteiger partial charge on any atom is 0.237 e. The molecule has 2 rings (SSSR count). The predicted octanol–water partition coefficient (Wildman–Crippen LogP) is 1.96. The second kappa shape index (κ2) is 4.18. The summed E-state index contributed by atoms with van der Waals surface area (Å²) < 4.78 is 0. The third-order valence-electron chi connectivity index (χ3n) is 2.98. The van der Waals surface area contributed by atoms with Crippen LogP contribution in [0, 0.1) is 5.92 Å². The molecule has 1 atom stereocenters. The molecule has 0 N–H and O–H groups in total. The van der Waals surface area contributed by atoms with Gasteiger partial charge in [0.25, 0.3) is 0 Å². The maximum absolute atomic E-state index is 11.4. The number of amides is 1. The Hall–Kier alpha value is -0.760. The first kappa shape index (κ1) is 9.78. The first-order valence-corrected chi connectivity index (χ1v) is 5.54. The van der Waals surface area contributed by atoms with Gasteiger partial charge in [-0.1, -0.05) is 18.2 Å². The molecule has 1 fully saturated rings. The van der Waals surface area contributed by atoms with Crippen molar-refractivity contribution < 1.29 is 4.79 Å². The molecule has 2 aliphatic rings. The third-order valence-corrected chi connectivity index (χ3v) is 3.21. The molecule has 3 heteroatoms. The van der Waals surface area contributed by atoms with E-state index in [4.69, 9.17) is 11.6 Å². The molecule has 2 nitrogen and oxygen atoms in total. The molecule has 0 aromatic heterocycles. The summed E-state index contributed by atoms with van der Waals surface area (Å²) in [5, 5.41) is 0. The summed E-state index contributed by atoms with van der Waals surface area (Å²) in [6.45, 7) is 1.64. The molecule has 0 aromatic rings. The van der Waals surface area contributed by atoms with Gasteiger partial charge in [0.05, 0.1) is 0 Å². The Morgan fingerprint density at radius 1 is 1.64 bits per heavy atom. The summed E-state index contributed by atoms with van der Waals surface area (Å²) in [7, 11) is 0. The number of allylic oxidation sites excluding steroid dienone is 3. The molecule has 14 heavy (non-hydrogen) atoms. The molecule has 76 valence electrons. The quantitative estimate of drug-likeness (QED) is 0.608. The number of carbonyl (C=O) groups is 1. The van der Waals surface area contributed by atoms with Gasteiger partial charge >= 0.3 is 0 Å². The third kappa shape index (κ3) is 1.85. The molecule has 1 amide bonds. The number of nitrogens with zero attached hydrogens (tertiary/aromatic N) is 1. The number of rotatable bonds is 1. The molecular weight excluding hydrogens is 198 g/mol. The van der Waals surface area contributed by atoms with Gasteiger partial charge in [-0.05, 0) is 24.3 Å². The van der Waals surface area contributed by atoms with Crippen molar-refractivity contribution in [3.05, 3.63) is 23.8 Å². The average molecular weight is 212 g/mol. The van der Waals surface area contributed by atoms with E-state index < -0.39 is 0 Å². The standard InChI is InChI=1S/C11H14ClNO/c12-7-11(14)13-6-5-9-3-1-2-4-10(9)8-13/h1-2,4,9H,3,5-8H2. The van der Waals surface area contributed by atoms with Gasteiger partial charge < -0.3 is 4.90 Å². The minimum atomic E-state index is 0.0561. The highest BCUT2D eigenvalue weighted by Gasteiger charge is 2.25. The van der Waals surface area contributed by atoms with Crippen LogP contribution in [0.4, 0.5) is 0 Å². The summed E-state index contributed by atoms with van der Waals surface area (Å²) in [4.78, 5) is 13.2. The normalized spacial score (nSPS) is 25.6. The van der Waals surface area contributed by atoms with Crippen LogP contribution < -0.4 is 0 Å². The Bertz CT molecular complexity index is 296. The van der Waals surface area contributed by atoms with Crippen LogP contribution >= 0.6 is 11.6 Å². The van der Waals surface area contributed by atoms with Gasteiger partial charge in [0.15, 0.2) is 0 Å². The van der Waals surface area contributed by atoms with Crippen LogP contribution in [0.1, 0.15) is 12.8 Å². The van der Waals surface area contributed by atoms with Gasteiger partial charge in [-0.25, -0.2) is 0 Å². The van der Waals surface area contributed by atoms with E-state index in [2.05, 4.69) is 18.2 Å². The minimum Gasteiger partial charge on any atom is -0.338 e. The fraction of sp³-hybridized carbons (Fsp3) is 0.545. The van der Waals surface area contributed by atoms with E-state index in [1.54, 1.807) is 0 Å². The minimum absolute atomic E-state index is 0.0561. The van der Waals surface area contributed by atoms with Crippen LogP contribution in [0.3, 0.4) is 0 Å². The van der Waals surface area contributed by atoms with Gasteiger partial charge in [0.1, 0.15) is 5.88 Å². The summed E-state index contributed by atoms with van der Waals surface area (Å²) in [6.07, 6.45) is 8.64.